The van der Waals surface area contributed by atoms with E-state index in [9.17, 15) is 5.11 Å². The second-order valence-electron chi connectivity index (χ2n) is 3.00. The van der Waals surface area contributed by atoms with Gasteiger partial charge in [0, 0.05) is 5.02 Å². The summed E-state index contributed by atoms with van der Waals surface area (Å²) in [5, 5.41) is 10.1. The van der Waals surface area contributed by atoms with Gasteiger partial charge in [0.15, 0.2) is 0 Å². The maximum absolute atomic E-state index is 9.43. The molecule has 0 fully saturated rings. The first-order chi connectivity index (χ1) is 6.06. The Kier molecular flexibility index (Phi) is 3.17. The molecule has 0 aliphatic carbocycles. The van der Waals surface area contributed by atoms with Crippen LogP contribution in [0.15, 0.2) is 12.1 Å². The van der Waals surface area contributed by atoms with Crippen LogP contribution in [0.2, 0.25) is 5.02 Å². The summed E-state index contributed by atoms with van der Waals surface area (Å²) in [5.74, 6) is 0.673. The molecular weight excluding hydrogens is 188 g/mol. The molecule has 1 atom stereocenters. The van der Waals surface area contributed by atoms with Crippen LogP contribution >= 0.6 is 11.6 Å². The van der Waals surface area contributed by atoms with E-state index in [1.54, 1.807) is 26.2 Å². The molecule has 2 nitrogen and oxygen atoms in total. The molecule has 1 aromatic carbocycles. The number of ether oxygens (including phenoxy) is 1. The zero-order valence-corrected chi connectivity index (χ0v) is 8.72. The molecule has 1 unspecified atom stereocenters. The van der Waals surface area contributed by atoms with Crippen molar-refractivity contribution in [2.24, 2.45) is 0 Å². The number of benzene rings is 1. The van der Waals surface area contributed by atoms with E-state index in [1.807, 2.05) is 6.92 Å². The summed E-state index contributed by atoms with van der Waals surface area (Å²) in [6.07, 6.45) is -0.521. The summed E-state index contributed by atoms with van der Waals surface area (Å²) in [6, 6.07) is 3.54. The van der Waals surface area contributed by atoms with Crippen LogP contribution in [0, 0.1) is 6.92 Å². The van der Waals surface area contributed by atoms with E-state index in [2.05, 4.69) is 0 Å². The minimum atomic E-state index is -0.521. The monoisotopic (exact) mass is 200 g/mol. The van der Waals surface area contributed by atoms with Crippen molar-refractivity contribution < 1.29 is 9.84 Å². The molecule has 1 rings (SSSR count). The van der Waals surface area contributed by atoms with Gasteiger partial charge < -0.3 is 9.84 Å². The summed E-state index contributed by atoms with van der Waals surface area (Å²) in [7, 11) is 1.58. The summed E-state index contributed by atoms with van der Waals surface area (Å²) < 4.78 is 5.05. The third kappa shape index (κ3) is 2.14. The molecule has 0 saturated heterocycles. The van der Waals surface area contributed by atoms with Crippen molar-refractivity contribution in [1.82, 2.24) is 0 Å². The lowest BCUT2D eigenvalue weighted by atomic mass is 10.0. The van der Waals surface area contributed by atoms with Gasteiger partial charge in [0.25, 0.3) is 0 Å². The maximum Gasteiger partial charge on any atom is 0.120 e. The Hall–Kier alpha value is -0.730. The van der Waals surface area contributed by atoms with E-state index in [0.29, 0.717) is 10.8 Å². The van der Waals surface area contributed by atoms with Crippen LogP contribution in [-0.2, 0) is 0 Å². The van der Waals surface area contributed by atoms with Gasteiger partial charge in [-0.2, -0.15) is 0 Å². The summed E-state index contributed by atoms with van der Waals surface area (Å²) in [4.78, 5) is 0. The second-order valence-corrected chi connectivity index (χ2v) is 3.41. The summed E-state index contributed by atoms with van der Waals surface area (Å²) in [6.45, 7) is 3.59. The molecule has 3 heteroatoms. The van der Waals surface area contributed by atoms with Gasteiger partial charge in [0.1, 0.15) is 5.75 Å². The van der Waals surface area contributed by atoms with Gasteiger partial charge in [-0.3, -0.25) is 0 Å². The normalized spacial score (nSPS) is 12.7. The highest BCUT2D eigenvalue weighted by atomic mass is 35.5. The first-order valence-corrected chi connectivity index (χ1v) is 4.46. The molecule has 0 saturated carbocycles. The van der Waals surface area contributed by atoms with Gasteiger partial charge in [-0.15, -0.1) is 0 Å². The molecule has 0 amide bonds. The number of methoxy groups -OCH3 is 1. The van der Waals surface area contributed by atoms with Gasteiger partial charge in [0.05, 0.1) is 13.2 Å². The van der Waals surface area contributed by atoms with Crippen molar-refractivity contribution in [3.05, 3.63) is 28.3 Å². The number of hydrogen-bond acceptors (Lipinski definition) is 2. The lowest BCUT2D eigenvalue weighted by molar-refractivity contribution is 0.198. The highest BCUT2D eigenvalue weighted by Crippen LogP contribution is 2.29. The standard InChI is InChI=1S/C10H13ClO2/c1-6-9(7(2)12)4-8(13-3)5-10(6)11/h4-5,7,12H,1-3H3. The smallest absolute Gasteiger partial charge is 0.120 e. The van der Waals surface area contributed by atoms with Crippen LogP contribution in [0.25, 0.3) is 0 Å². The fourth-order valence-electron chi connectivity index (χ4n) is 1.23. The first kappa shape index (κ1) is 10.4. The van der Waals surface area contributed by atoms with Crippen LogP contribution in [0.3, 0.4) is 0 Å². The van der Waals surface area contributed by atoms with Gasteiger partial charge >= 0.3 is 0 Å². The second kappa shape index (κ2) is 3.99. The van der Waals surface area contributed by atoms with Crippen LogP contribution in [0.4, 0.5) is 0 Å². The SMILES string of the molecule is COc1cc(Cl)c(C)c(C(C)O)c1. The number of aliphatic hydroxyl groups excluding tert-OH is 1. The Balaban J connectivity index is 3.25. The lowest BCUT2D eigenvalue weighted by Gasteiger charge is -2.12. The van der Waals surface area contributed by atoms with Crippen molar-refractivity contribution in [2.45, 2.75) is 20.0 Å². The Morgan fingerprint density at radius 1 is 1.46 bits per heavy atom. The van der Waals surface area contributed by atoms with Crippen molar-refractivity contribution in [1.29, 1.82) is 0 Å². The fraction of sp³-hybridized carbons (Fsp3) is 0.400. The van der Waals surface area contributed by atoms with Gasteiger partial charge in [-0.1, -0.05) is 11.6 Å². The molecule has 13 heavy (non-hydrogen) atoms. The van der Waals surface area contributed by atoms with Gasteiger partial charge in [0.2, 0.25) is 0 Å². The average molecular weight is 201 g/mol. The van der Waals surface area contributed by atoms with E-state index < -0.39 is 6.10 Å². The summed E-state index contributed by atoms with van der Waals surface area (Å²) in [5.41, 5.74) is 1.71. The molecule has 0 aliphatic rings. The minimum absolute atomic E-state index is 0.521. The maximum atomic E-state index is 9.43. The number of aliphatic hydroxyl groups is 1. The Bertz CT molecular complexity index is 308. The van der Waals surface area contributed by atoms with Crippen molar-refractivity contribution in [3.8, 4) is 5.75 Å². The first-order valence-electron chi connectivity index (χ1n) is 4.08. The fourth-order valence-corrected chi connectivity index (χ4v) is 1.44. The molecule has 1 N–H and O–H groups in total. The Morgan fingerprint density at radius 2 is 2.08 bits per heavy atom. The molecular formula is C10H13ClO2. The van der Waals surface area contributed by atoms with Crippen molar-refractivity contribution in [2.75, 3.05) is 7.11 Å². The lowest BCUT2D eigenvalue weighted by Crippen LogP contribution is -1.97. The average Bonchev–Trinajstić information content (AvgIpc) is 2.09. The molecule has 0 aliphatic heterocycles. The topological polar surface area (TPSA) is 29.5 Å². The molecule has 0 heterocycles. The van der Waals surface area contributed by atoms with Crippen LogP contribution in [-0.4, -0.2) is 12.2 Å². The number of halogens is 1. The zero-order chi connectivity index (χ0) is 10.0. The van der Waals surface area contributed by atoms with E-state index in [0.717, 1.165) is 11.1 Å². The van der Waals surface area contributed by atoms with Crippen LogP contribution in [0.5, 0.6) is 5.75 Å². The third-order valence-corrected chi connectivity index (χ3v) is 2.44. The van der Waals surface area contributed by atoms with Crippen LogP contribution in [0.1, 0.15) is 24.2 Å². The Labute approximate surface area is 83.1 Å². The summed E-state index contributed by atoms with van der Waals surface area (Å²) >= 11 is 5.95. The third-order valence-electron chi connectivity index (χ3n) is 2.04. The predicted molar refractivity (Wildman–Crippen MR) is 53.4 cm³/mol. The van der Waals surface area contributed by atoms with E-state index in [-0.39, 0.29) is 0 Å². The van der Waals surface area contributed by atoms with Crippen molar-refractivity contribution >= 4 is 11.6 Å². The van der Waals surface area contributed by atoms with Gasteiger partial charge in [-0.05, 0) is 37.1 Å². The zero-order valence-electron chi connectivity index (χ0n) is 7.97. The largest absolute Gasteiger partial charge is 0.497 e. The molecule has 72 valence electrons. The predicted octanol–water partition coefficient (Wildman–Crippen LogP) is 2.71. The highest BCUT2D eigenvalue weighted by molar-refractivity contribution is 6.31. The van der Waals surface area contributed by atoms with Gasteiger partial charge in [-0.25, -0.2) is 0 Å². The molecule has 0 spiro atoms. The molecule has 0 aromatic heterocycles. The van der Waals surface area contributed by atoms with Crippen LogP contribution < -0.4 is 4.74 Å². The highest BCUT2D eigenvalue weighted by Gasteiger charge is 2.09. The molecule has 1 aromatic rings. The number of rotatable bonds is 2. The molecule has 0 radical (unpaired) electrons. The van der Waals surface area contributed by atoms with E-state index in [4.69, 9.17) is 16.3 Å². The van der Waals surface area contributed by atoms with E-state index in [1.165, 1.54) is 0 Å². The minimum Gasteiger partial charge on any atom is -0.497 e. The molecule has 0 bridgehead atoms. The Morgan fingerprint density at radius 3 is 2.54 bits per heavy atom. The van der Waals surface area contributed by atoms with E-state index >= 15 is 0 Å². The number of hydrogen-bond donors (Lipinski definition) is 1. The quantitative estimate of drug-likeness (QED) is 0.796. The van der Waals surface area contributed by atoms with Crippen molar-refractivity contribution in [3.63, 3.8) is 0 Å².